The Hall–Kier alpha value is -3.26. The molecule has 180 valence electrons. The lowest BCUT2D eigenvalue weighted by atomic mass is 9.89. The molecular formula is C25H29ClN4O4. The summed E-state index contributed by atoms with van der Waals surface area (Å²) in [7, 11) is 1.60. The molecule has 0 aliphatic heterocycles. The van der Waals surface area contributed by atoms with Gasteiger partial charge in [-0.05, 0) is 44.5 Å². The van der Waals surface area contributed by atoms with E-state index in [0.29, 0.717) is 41.7 Å². The van der Waals surface area contributed by atoms with Crippen molar-refractivity contribution in [3.05, 3.63) is 53.3 Å². The van der Waals surface area contributed by atoms with Crippen molar-refractivity contribution in [2.24, 2.45) is 0 Å². The van der Waals surface area contributed by atoms with Gasteiger partial charge in [0.25, 0.3) is 0 Å². The van der Waals surface area contributed by atoms with Crippen molar-refractivity contribution in [1.29, 1.82) is 0 Å². The van der Waals surface area contributed by atoms with Crippen LogP contribution in [0.1, 0.15) is 39.2 Å². The molecule has 1 fully saturated rings. The van der Waals surface area contributed by atoms with Crippen LogP contribution in [0.5, 0.6) is 11.5 Å². The number of fused-ring (bicyclic) bond motifs is 1. The van der Waals surface area contributed by atoms with Gasteiger partial charge in [0.05, 0.1) is 12.6 Å². The van der Waals surface area contributed by atoms with Crippen molar-refractivity contribution in [2.75, 3.05) is 12.4 Å². The van der Waals surface area contributed by atoms with Gasteiger partial charge >= 0.3 is 6.09 Å². The average molecular weight is 485 g/mol. The van der Waals surface area contributed by atoms with Crippen LogP contribution < -0.4 is 20.1 Å². The van der Waals surface area contributed by atoms with Crippen molar-refractivity contribution in [2.45, 2.75) is 57.9 Å². The Morgan fingerprint density at radius 1 is 1.15 bits per heavy atom. The van der Waals surface area contributed by atoms with Crippen molar-refractivity contribution in [3.63, 3.8) is 0 Å². The molecule has 9 heteroatoms. The minimum absolute atomic E-state index is 0.0181. The largest absolute Gasteiger partial charge is 0.493 e. The Labute approximate surface area is 204 Å². The predicted octanol–water partition coefficient (Wildman–Crippen LogP) is 5.34. The van der Waals surface area contributed by atoms with Crippen LogP contribution in [-0.4, -0.2) is 40.9 Å². The number of amides is 1. The van der Waals surface area contributed by atoms with Gasteiger partial charge in [0.15, 0.2) is 11.5 Å². The molecule has 1 saturated carbocycles. The van der Waals surface area contributed by atoms with Crippen LogP contribution in [0.25, 0.3) is 10.9 Å². The van der Waals surface area contributed by atoms with Crippen LogP contribution >= 0.6 is 11.6 Å². The quantitative estimate of drug-likeness (QED) is 0.467. The van der Waals surface area contributed by atoms with Crippen molar-refractivity contribution >= 4 is 34.4 Å². The molecule has 1 aliphatic rings. The number of aromatic nitrogens is 2. The molecule has 4 rings (SSSR count). The summed E-state index contributed by atoms with van der Waals surface area (Å²) in [6.07, 6.45) is 2.43. The molecule has 1 aromatic heterocycles. The second-order valence-electron chi connectivity index (χ2n) is 9.28. The number of nitrogens with zero attached hydrogens (tertiary/aromatic N) is 2. The van der Waals surface area contributed by atoms with Crippen LogP contribution in [0.3, 0.4) is 0 Å². The van der Waals surface area contributed by atoms with E-state index in [-0.39, 0.29) is 12.1 Å². The van der Waals surface area contributed by atoms with E-state index in [9.17, 15) is 4.79 Å². The first-order valence-corrected chi connectivity index (χ1v) is 11.5. The summed E-state index contributed by atoms with van der Waals surface area (Å²) in [5.41, 5.74) is 1.26. The molecule has 34 heavy (non-hydrogen) atoms. The molecule has 1 heterocycles. The third-order valence-electron chi connectivity index (χ3n) is 5.38. The van der Waals surface area contributed by atoms with Gasteiger partial charge in [0.2, 0.25) is 0 Å². The highest BCUT2D eigenvalue weighted by Crippen LogP contribution is 2.37. The van der Waals surface area contributed by atoms with Crippen LogP contribution in [0.15, 0.2) is 42.7 Å². The minimum atomic E-state index is -0.525. The summed E-state index contributed by atoms with van der Waals surface area (Å²) in [5, 5.41) is 7.75. The van der Waals surface area contributed by atoms with Gasteiger partial charge in [-0.2, -0.15) is 0 Å². The fourth-order valence-electron chi connectivity index (χ4n) is 3.72. The third kappa shape index (κ3) is 5.99. The third-order valence-corrected chi connectivity index (χ3v) is 5.61. The highest BCUT2D eigenvalue weighted by Gasteiger charge is 2.34. The number of rotatable bonds is 7. The van der Waals surface area contributed by atoms with Crippen LogP contribution in [-0.2, 0) is 11.3 Å². The number of alkyl carbamates (subject to hydrolysis) is 1. The minimum Gasteiger partial charge on any atom is -0.493 e. The Kier molecular flexibility index (Phi) is 6.97. The molecule has 0 atom stereocenters. The smallest absolute Gasteiger partial charge is 0.407 e. The maximum absolute atomic E-state index is 12.0. The van der Waals surface area contributed by atoms with E-state index < -0.39 is 11.7 Å². The zero-order valence-electron chi connectivity index (χ0n) is 19.7. The number of methoxy groups -OCH3 is 1. The maximum atomic E-state index is 12.0. The second-order valence-corrected chi connectivity index (χ2v) is 9.72. The van der Waals surface area contributed by atoms with Gasteiger partial charge in [-0.15, -0.1) is 0 Å². The summed E-state index contributed by atoms with van der Waals surface area (Å²) in [6, 6.07) is 11.4. The van der Waals surface area contributed by atoms with Crippen molar-refractivity contribution in [3.8, 4) is 11.5 Å². The summed E-state index contributed by atoms with van der Waals surface area (Å²) in [6.45, 7) is 6.09. The molecule has 8 nitrogen and oxygen atoms in total. The molecular weight excluding hydrogens is 456 g/mol. The Bertz CT molecular complexity index is 1180. The normalized spacial score (nSPS) is 17.6. The molecule has 0 saturated heterocycles. The Balaban J connectivity index is 1.44. The highest BCUT2D eigenvalue weighted by molar-refractivity contribution is 6.30. The number of hydrogen-bond acceptors (Lipinski definition) is 7. The van der Waals surface area contributed by atoms with E-state index in [1.165, 1.54) is 6.33 Å². The number of benzene rings is 2. The monoisotopic (exact) mass is 484 g/mol. The average Bonchev–Trinajstić information content (AvgIpc) is 2.74. The number of carbonyl (C=O) groups is 1. The lowest BCUT2D eigenvalue weighted by Crippen LogP contribution is -2.50. The van der Waals surface area contributed by atoms with Gasteiger partial charge in [-0.3, -0.25) is 0 Å². The topological polar surface area (TPSA) is 94.6 Å². The van der Waals surface area contributed by atoms with E-state index in [1.54, 1.807) is 7.11 Å². The van der Waals surface area contributed by atoms with E-state index in [1.807, 2.05) is 57.2 Å². The van der Waals surface area contributed by atoms with Gasteiger partial charge in [0.1, 0.15) is 23.9 Å². The van der Waals surface area contributed by atoms with E-state index in [4.69, 9.17) is 25.8 Å². The number of hydrogen-bond donors (Lipinski definition) is 2. The number of carbonyl (C=O) groups excluding carboxylic acids is 1. The van der Waals surface area contributed by atoms with E-state index in [0.717, 1.165) is 16.5 Å². The Morgan fingerprint density at radius 2 is 1.94 bits per heavy atom. The summed E-state index contributed by atoms with van der Waals surface area (Å²) in [4.78, 5) is 20.8. The molecule has 0 spiro atoms. The predicted molar refractivity (Wildman–Crippen MR) is 132 cm³/mol. The fourth-order valence-corrected chi connectivity index (χ4v) is 3.94. The molecule has 0 bridgehead atoms. The standard InChI is InChI=1S/C25H29ClN4O4/c1-25(2,3)34-24(31)30-17-9-18(10-17)33-22-11-19-20(12-21(22)32-4)28-14-29-23(19)27-13-15-6-5-7-16(26)8-15/h5-8,11-12,14,17-18H,9-10,13H2,1-4H3,(H,30,31)(H,27,28,29). The van der Waals surface area contributed by atoms with Gasteiger partial charge in [-0.25, -0.2) is 14.8 Å². The van der Waals surface area contributed by atoms with Crippen LogP contribution in [0.4, 0.5) is 10.6 Å². The summed E-state index contributed by atoms with van der Waals surface area (Å²) >= 11 is 6.10. The molecule has 2 N–H and O–H groups in total. The van der Waals surface area contributed by atoms with Gasteiger partial charge in [0, 0.05) is 41.9 Å². The van der Waals surface area contributed by atoms with E-state index >= 15 is 0 Å². The molecule has 3 aromatic rings. The molecule has 0 unspecified atom stereocenters. The lowest BCUT2D eigenvalue weighted by Gasteiger charge is -2.36. The highest BCUT2D eigenvalue weighted by atomic mass is 35.5. The number of nitrogens with one attached hydrogen (secondary N) is 2. The summed E-state index contributed by atoms with van der Waals surface area (Å²) in [5.74, 6) is 1.89. The molecule has 1 aliphatic carbocycles. The molecule has 0 radical (unpaired) electrons. The molecule has 1 amide bonds. The van der Waals surface area contributed by atoms with Crippen molar-refractivity contribution in [1.82, 2.24) is 15.3 Å². The van der Waals surface area contributed by atoms with Gasteiger partial charge < -0.3 is 24.8 Å². The SMILES string of the molecule is COc1cc2ncnc(NCc3cccc(Cl)c3)c2cc1OC1CC(NC(=O)OC(C)(C)C)C1. The molecule has 2 aromatic carbocycles. The van der Waals surface area contributed by atoms with E-state index in [2.05, 4.69) is 20.6 Å². The fraction of sp³-hybridized carbons (Fsp3) is 0.400. The number of ether oxygens (including phenoxy) is 3. The first-order chi connectivity index (χ1) is 16.2. The lowest BCUT2D eigenvalue weighted by molar-refractivity contribution is 0.0358. The maximum Gasteiger partial charge on any atom is 0.407 e. The summed E-state index contributed by atoms with van der Waals surface area (Å²) < 4.78 is 17.1. The number of anilines is 1. The first kappa shape index (κ1) is 23.9. The second kappa shape index (κ2) is 9.93. The Morgan fingerprint density at radius 3 is 2.65 bits per heavy atom. The van der Waals surface area contributed by atoms with Crippen LogP contribution in [0, 0.1) is 0 Å². The van der Waals surface area contributed by atoms with Gasteiger partial charge in [-0.1, -0.05) is 23.7 Å². The zero-order valence-corrected chi connectivity index (χ0v) is 20.5. The number of halogens is 1. The van der Waals surface area contributed by atoms with Crippen LogP contribution in [0.2, 0.25) is 5.02 Å². The first-order valence-electron chi connectivity index (χ1n) is 11.2. The van der Waals surface area contributed by atoms with Crippen molar-refractivity contribution < 1.29 is 19.0 Å². The zero-order chi connectivity index (χ0) is 24.3.